The average molecular weight is 533 g/mol. The highest BCUT2D eigenvalue weighted by molar-refractivity contribution is 5.88. The first-order valence-electron chi connectivity index (χ1n) is 12.2. The van der Waals surface area contributed by atoms with Gasteiger partial charge in [-0.1, -0.05) is 23.4 Å². The number of rotatable bonds is 10. The quantitative estimate of drug-likeness (QED) is 0.300. The number of pyridine rings is 1. The molecule has 0 amide bonds. The lowest BCUT2D eigenvalue weighted by Crippen LogP contribution is -2.28. The van der Waals surface area contributed by atoms with Gasteiger partial charge in [0.25, 0.3) is 0 Å². The largest absolute Gasteiger partial charge is 0.497 e. The summed E-state index contributed by atoms with van der Waals surface area (Å²) >= 11 is 0. The first kappa shape index (κ1) is 27.1. The Morgan fingerprint density at radius 2 is 1.89 bits per heavy atom. The molecule has 1 unspecified atom stereocenters. The third kappa shape index (κ3) is 7.30. The maximum atomic E-state index is 12.5. The summed E-state index contributed by atoms with van der Waals surface area (Å²) in [5.41, 5.74) is 2.79. The Hall–Kier alpha value is -3.96. The van der Waals surface area contributed by atoms with Gasteiger partial charge in [0.2, 0.25) is 5.89 Å². The summed E-state index contributed by atoms with van der Waals surface area (Å²) < 4.78 is 52.0. The minimum Gasteiger partial charge on any atom is -0.497 e. The number of nitrogens with one attached hydrogen (secondary N) is 1. The van der Waals surface area contributed by atoms with Crippen molar-refractivity contribution in [2.45, 2.75) is 57.0 Å². The van der Waals surface area contributed by atoms with Gasteiger partial charge in [-0.15, -0.1) is 0 Å². The van der Waals surface area contributed by atoms with Crippen LogP contribution in [0.3, 0.4) is 0 Å². The molecule has 38 heavy (non-hydrogen) atoms. The van der Waals surface area contributed by atoms with Gasteiger partial charge >= 0.3 is 18.1 Å². The van der Waals surface area contributed by atoms with Crippen LogP contribution in [0, 0.1) is 0 Å². The van der Waals surface area contributed by atoms with Crippen molar-refractivity contribution in [2.75, 3.05) is 19.0 Å². The third-order valence-electron chi connectivity index (χ3n) is 6.15. The summed E-state index contributed by atoms with van der Waals surface area (Å²) in [6, 6.07) is 10.8. The van der Waals surface area contributed by atoms with Crippen LogP contribution < -0.4 is 10.1 Å². The monoisotopic (exact) mass is 532 g/mol. The summed E-state index contributed by atoms with van der Waals surface area (Å²) in [5.74, 6) is -2.34. The van der Waals surface area contributed by atoms with Crippen LogP contribution >= 0.6 is 0 Å². The number of aryl methyl sites for hydroxylation is 3. The van der Waals surface area contributed by atoms with Crippen LogP contribution in [0.2, 0.25) is 0 Å². The molecule has 0 radical (unpaired) electrons. The lowest BCUT2D eigenvalue weighted by molar-refractivity contribution is -0.202. The molecule has 0 aliphatic carbocycles. The standard InChI is InChI=1S/C26H27F3N4O5/c1-36-20-11-8-16(9-12-20)18(15-23(34)37-25(35)26(27,28)29)14-22-32-21(33-38-22)6-2-5-19-10-7-17-4-3-13-30-24(17)31-19/h7-12,18H,2-6,13-15H2,1H3,(H,30,31). The zero-order valence-corrected chi connectivity index (χ0v) is 20.7. The van der Waals surface area contributed by atoms with Crippen LogP contribution in [0.15, 0.2) is 40.9 Å². The molecule has 0 bridgehead atoms. The fraction of sp³-hybridized carbons (Fsp3) is 0.423. The van der Waals surface area contributed by atoms with Crippen molar-refractivity contribution in [1.82, 2.24) is 15.1 Å². The number of anilines is 1. The highest BCUT2D eigenvalue weighted by atomic mass is 19.4. The molecule has 0 fully saturated rings. The number of hydrogen-bond donors (Lipinski definition) is 1. The second-order valence-corrected chi connectivity index (χ2v) is 8.94. The second-order valence-electron chi connectivity index (χ2n) is 8.94. The van der Waals surface area contributed by atoms with Crippen molar-refractivity contribution in [3.63, 3.8) is 0 Å². The number of ether oxygens (including phenoxy) is 2. The summed E-state index contributed by atoms with van der Waals surface area (Å²) in [4.78, 5) is 32.3. The molecule has 202 valence electrons. The number of halogens is 3. The lowest BCUT2D eigenvalue weighted by Gasteiger charge is -2.17. The molecule has 0 saturated carbocycles. The zero-order chi connectivity index (χ0) is 27.1. The second kappa shape index (κ2) is 12.1. The van der Waals surface area contributed by atoms with Crippen LogP contribution in [-0.2, 0) is 40.0 Å². The Kier molecular flexibility index (Phi) is 8.59. The van der Waals surface area contributed by atoms with Crippen molar-refractivity contribution in [3.05, 3.63) is 64.9 Å². The van der Waals surface area contributed by atoms with Gasteiger partial charge in [-0.2, -0.15) is 18.2 Å². The van der Waals surface area contributed by atoms with E-state index in [0.29, 0.717) is 23.6 Å². The van der Waals surface area contributed by atoms with Crippen LogP contribution in [0.1, 0.15) is 53.7 Å². The number of methoxy groups -OCH3 is 1. The molecular weight excluding hydrogens is 505 g/mol. The molecule has 1 atom stereocenters. The van der Waals surface area contributed by atoms with E-state index in [4.69, 9.17) is 9.26 Å². The number of carbonyl (C=O) groups is 2. The Bertz CT molecular complexity index is 1260. The number of carbonyl (C=O) groups excluding carboxylic acids is 2. The van der Waals surface area contributed by atoms with Crippen LogP contribution in [0.25, 0.3) is 0 Å². The summed E-state index contributed by atoms with van der Waals surface area (Å²) in [6.45, 7) is 0.920. The molecule has 0 saturated heterocycles. The third-order valence-corrected chi connectivity index (χ3v) is 6.15. The topological polar surface area (TPSA) is 116 Å². The van der Waals surface area contributed by atoms with Crippen molar-refractivity contribution in [1.29, 1.82) is 0 Å². The molecule has 3 heterocycles. The summed E-state index contributed by atoms with van der Waals surface area (Å²) in [6.07, 6.45) is -1.58. The molecule has 1 N–H and O–H groups in total. The molecule has 1 aromatic carbocycles. The predicted octanol–water partition coefficient (Wildman–Crippen LogP) is 4.36. The first-order valence-corrected chi connectivity index (χ1v) is 12.2. The Morgan fingerprint density at radius 1 is 1.11 bits per heavy atom. The molecule has 1 aliphatic rings. The number of nitrogens with zero attached hydrogens (tertiary/aromatic N) is 3. The van der Waals surface area contributed by atoms with Gasteiger partial charge in [0.15, 0.2) is 5.82 Å². The van der Waals surface area contributed by atoms with E-state index in [-0.39, 0.29) is 12.3 Å². The van der Waals surface area contributed by atoms with Gasteiger partial charge in [-0.3, -0.25) is 4.79 Å². The zero-order valence-electron chi connectivity index (χ0n) is 20.7. The molecule has 3 aromatic rings. The van der Waals surface area contributed by atoms with Crippen molar-refractivity contribution in [2.24, 2.45) is 0 Å². The van der Waals surface area contributed by atoms with Gasteiger partial charge in [0.05, 0.1) is 13.5 Å². The van der Waals surface area contributed by atoms with Gasteiger partial charge < -0.3 is 19.3 Å². The number of alkyl halides is 3. The smallest absolute Gasteiger partial charge is 0.491 e. The molecule has 4 rings (SSSR count). The predicted molar refractivity (Wildman–Crippen MR) is 129 cm³/mol. The van der Waals surface area contributed by atoms with Gasteiger partial charge in [-0.05, 0) is 55.0 Å². The van der Waals surface area contributed by atoms with E-state index in [1.54, 1.807) is 24.3 Å². The number of fused-ring (bicyclic) bond motifs is 1. The number of esters is 2. The van der Waals surface area contributed by atoms with E-state index in [1.807, 2.05) is 6.07 Å². The first-order chi connectivity index (χ1) is 18.2. The fourth-order valence-corrected chi connectivity index (χ4v) is 4.21. The molecule has 12 heteroatoms. The SMILES string of the molecule is COc1ccc(C(CC(=O)OC(=O)C(F)(F)F)Cc2nc(CCCc3ccc4c(n3)NCCC4)no2)cc1. The molecule has 0 spiro atoms. The lowest BCUT2D eigenvalue weighted by atomic mass is 9.92. The van der Waals surface area contributed by atoms with Gasteiger partial charge in [0, 0.05) is 31.0 Å². The van der Waals surface area contributed by atoms with Crippen molar-refractivity contribution in [3.8, 4) is 5.75 Å². The average Bonchev–Trinajstić information content (AvgIpc) is 3.34. The minimum absolute atomic E-state index is 0.0622. The van der Waals surface area contributed by atoms with Gasteiger partial charge in [0.1, 0.15) is 11.6 Å². The van der Waals surface area contributed by atoms with Crippen molar-refractivity contribution >= 4 is 17.8 Å². The van der Waals surface area contributed by atoms with E-state index in [2.05, 4.69) is 31.2 Å². The normalized spacial score (nSPS) is 13.8. The molecule has 1 aliphatic heterocycles. The van der Waals surface area contributed by atoms with Crippen LogP contribution in [0.4, 0.5) is 19.0 Å². The Balaban J connectivity index is 1.37. The summed E-state index contributed by atoms with van der Waals surface area (Å²) in [7, 11) is 1.49. The Morgan fingerprint density at radius 3 is 2.63 bits per heavy atom. The number of hydrogen-bond acceptors (Lipinski definition) is 9. The fourth-order valence-electron chi connectivity index (χ4n) is 4.21. The van der Waals surface area contributed by atoms with E-state index in [9.17, 15) is 22.8 Å². The highest BCUT2D eigenvalue weighted by Crippen LogP contribution is 2.27. The maximum Gasteiger partial charge on any atom is 0.491 e. The Labute approximate surface area is 216 Å². The number of aromatic nitrogens is 3. The highest BCUT2D eigenvalue weighted by Gasteiger charge is 2.42. The molecular formula is C26H27F3N4O5. The maximum absolute atomic E-state index is 12.5. The van der Waals surface area contributed by atoms with E-state index >= 15 is 0 Å². The minimum atomic E-state index is -5.27. The summed E-state index contributed by atoms with van der Waals surface area (Å²) in [5, 5.41) is 7.31. The molecule has 2 aromatic heterocycles. The van der Waals surface area contributed by atoms with E-state index in [1.165, 1.54) is 12.7 Å². The van der Waals surface area contributed by atoms with Crippen molar-refractivity contribution < 1.29 is 36.8 Å². The van der Waals surface area contributed by atoms with Gasteiger partial charge in [-0.25, -0.2) is 9.78 Å². The van der Waals surface area contributed by atoms with Crippen LogP contribution in [0.5, 0.6) is 5.75 Å². The van der Waals surface area contributed by atoms with E-state index in [0.717, 1.165) is 43.7 Å². The molecule has 9 nitrogen and oxygen atoms in total. The number of benzene rings is 1. The van der Waals surface area contributed by atoms with Crippen LogP contribution in [-0.4, -0.2) is 46.9 Å². The van der Waals surface area contributed by atoms with E-state index < -0.39 is 30.5 Å².